The molecule has 1 atom stereocenters. The molecule has 100 valence electrons. The third kappa shape index (κ3) is 2.25. The van der Waals surface area contributed by atoms with Crippen molar-refractivity contribution in [2.24, 2.45) is 0 Å². The van der Waals surface area contributed by atoms with Crippen molar-refractivity contribution >= 4 is 21.9 Å². The number of hydrogen-bond acceptors (Lipinski definition) is 2. The first-order valence-electron chi connectivity index (χ1n) is 5.31. The molecule has 1 aliphatic carbocycles. The van der Waals surface area contributed by atoms with Gasteiger partial charge >= 0.3 is 12.1 Å². The standard InChI is InChI=1S/C10H10BrF3N2O2/c1-4(9(17)18)16-7(5-2-3-5)6(11)8(15-16)10(12,13)14/h4-5H,2-3H2,1H3,(H,17,18)/t4-/m1/s1. The molecule has 18 heavy (non-hydrogen) atoms. The molecular formula is C10H10BrF3N2O2. The SMILES string of the molecule is C[C@H](C(=O)O)n1nc(C(F)(F)F)c(Br)c1C1CC1. The summed E-state index contributed by atoms with van der Waals surface area (Å²) >= 11 is 2.90. The average molecular weight is 327 g/mol. The van der Waals surface area contributed by atoms with E-state index < -0.39 is 23.9 Å². The van der Waals surface area contributed by atoms with Crippen LogP contribution in [0.1, 0.15) is 43.1 Å². The van der Waals surface area contributed by atoms with Crippen molar-refractivity contribution < 1.29 is 23.1 Å². The Morgan fingerprint density at radius 3 is 2.50 bits per heavy atom. The quantitative estimate of drug-likeness (QED) is 0.928. The molecule has 1 aromatic rings. The highest BCUT2D eigenvalue weighted by Gasteiger charge is 2.42. The topological polar surface area (TPSA) is 55.1 Å². The van der Waals surface area contributed by atoms with Gasteiger partial charge in [0.2, 0.25) is 0 Å². The smallest absolute Gasteiger partial charge is 0.436 e. The first-order chi connectivity index (χ1) is 8.23. The van der Waals surface area contributed by atoms with Crippen LogP contribution in [-0.2, 0) is 11.0 Å². The van der Waals surface area contributed by atoms with Gasteiger partial charge in [-0.05, 0) is 35.7 Å². The molecule has 1 saturated carbocycles. The lowest BCUT2D eigenvalue weighted by molar-refractivity contribution is -0.144. The summed E-state index contributed by atoms with van der Waals surface area (Å²) in [4.78, 5) is 10.9. The number of halogens is 4. The number of aliphatic carboxylic acids is 1. The van der Waals surface area contributed by atoms with Crippen LogP contribution >= 0.6 is 15.9 Å². The molecule has 0 radical (unpaired) electrons. The minimum atomic E-state index is -4.59. The Hall–Kier alpha value is -1.05. The van der Waals surface area contributed by atoms with Crippen molar-refractivity contribution in [2.45, 2.75) is 37.9 Å². The molecule has 1 fully saturated rings. The van der Waals surface area contributed by atoms with E-state index in [1.807, 2.05) is 0 Å². The van der Waals surface area contributed by atoms with Gasteiger partial charge in [0, 0.05) is 5.92 Å². The van der Waals surface area contributed by atoms with Gasteiger partial charge in [0.25, 0.3) is 0 Å². The second-order valence-electron chi connectivity index (χ2n) is 4.28. The van der Waals surface area contributed by atoms with Crippen molar-refractivity contribution in [3.63, 3.8) is 0 Å². The van der Waals surface area contributed by atoms with Gasteiger partial charge in [-0.15, -0.1) is 0 Å². The zero-order valence-electron chi connectivity index (χ0n) is 9.33. The first-order valence-corrected chi connectivity index (χ1v) is 6.10. The zero-order chi connectivity index (χ0) is 13.7. The molecule has 0 unspecified atom stereocenters. The van der Waals surface area contributed by atoms with E-state index in [-0.39, 0.29) is 10.4 Å². The lowest BCUT2D eigenvalue weighted by Gasteiger charge is -2.11. The van der Waals surface area contributed by atoms with Crippen LogP contribution in [0.5, 0.6) is 0 Å². The van der Waals surface area contributed by atoms with Crippen molar-refractivity contribution in [2.75, 3.05) is 0 Å². The van der Waals surface area contributed by atoms with Crippen molar-refractivity contribution in [1.82, 2.24) is 9.78 Å². The molecule has 1 aromatic heterocycles. The van der Waals surface area contributed by atoms with E-state index >= 15 is 0 Å². The van der Waals surface area contributed by atoms with E-state index in [0.717, 1.165) is 17.5 Å². The molecule has 4 nitrogen and oxygen atoms in total. The Balaban J connectivity index is 2.55. The molecule has 1 heterocycles. The molecule has 0 aromatic carbocycles. The molecule has 1 N–H and O–H groups in total. The Labute approximate surface area is 109 Å². The van der Waals surface area contributed by atoms with E-state index in [9.17, 15) is 18.0 Å². The predicted octanol–water partition coefficient (Wildman–Crippen LogP) is 3.19. The number of carboxylic acids is 1. The molecule has 0 spiro atoms. The zero-order valence-corrected chi connectivity index (χ0v) is 10.9. The summed E-state index contributed by atoms with van der Waals surface area (Å²) in [6.45, 7) is 1.31. The van der Waals surface area contributed by atoms with Gasteiger partial charge in [0.15, 0.2) is 5.69 Å². The Kier molecular flexibility index (Phi) is 3.16. The van der Waals surface area contributed by atoms with E-state index in [0.29, 0.717) is 5.69 Å². The van der Waals surface area contributed by atoms with Crippen LogP contribution < -0.4 is 0 Å². The molecule has 8 heteroatoms. The van der Waals surface area contributed by atoms with Crippen LogP contribution in [0, 0.1) is 0 Å². The van der Waals surface area contributed by atoms with Gasteiger partial charge < -0.3 is 5.11 Å². The first kappa shape index (κ1) is 13.4. The summed E-state index contributed by atoms with van der Waals surface area (Å²) in [5, 5.41) is 12.3. The summed E-state index contributed by atoms with van der Waals surface area (Å²) in [6, 6.07) is -1.12. The molecular weight excluding hydrogens is 317 g/mol. The van der Waals surface area contributed by atoms with E-state index in [4.69, 9.17) is 5.11 Å². The maximum atomic E-state index is 12.7. The lowest BCUT2D eigenvalue weighted by Crippen LogP contribution is -2.19. The van der Waals surface area contributed by atoms with Crippen LogP contribution in [0.15, 0.2) is 4.47 Å². The maximum Gasteiger partial charge on any atom is 0.436 e. The minimum absolute atomic E-state index is 0.0372. The molecule has 1 aliphatic rings. The van der Waals surface area contributed by atoms with Crippen molar-refractivity contribution in [3.8, 4) is 0 Å². The Bertz CT molecular complexity index is 494. The van der Waals surface area contributed by atoms with Crippen LogP contribution in [0.25, 0.3) is 0 Å². The summed E-state index contributed by atoms with van der Waals surface area (Å²) in [7, 11) is 0. The van der Waals surface area contributed by atoms with Gasteiger partial charge in [-0.1, -0.05) is 0 Å². The van der Waals surface area contributed by atoms with E-state index in [2.05, 4.69) is 21.0 Å². The predicted molar refractivity (Wildman–Crippen MR) is 59.3 cm³/mol. The van der Waals surface area contributed by atoms with E-state index in [1.54, 1.807) is 0 Å². The second kappa shape index (κ2) is 4.25. The number of alkyl halides is 3. The van der Waals surface area contributed by atoms with Crippen molar-refractivity contribution in [1.29, 1.82) is 0 Å². The van der Waals surface area contributed by atoms with Crippen LogP contribution in [0.4, 0.5) is 13.2 Å². The normalized spacial score (nSPS) is 17.8. The van der Waals surface area contributed by atoms with Gasteiger partial charge in [-0.25, -0.2) is 4.79 Å². The molecule has 0 bridgehead atoms. The second-order valence-corrected chi connectivity index (χ2v) is 5.07. The number of aromatic nitrogens is 2. The Morgan fingerprint density at radius 1 is 1.56 bits per heavy atom. The molecule has 2 rings (SSSR count). The van der Waals surface area contributed by atoms with Crippen LogP contribution in [0.3, 0.4) is 0 Å². The van der Waals surface area contributed by atoms with Crippen LogP contribution in [0.2, 0.25) is 0 Å². The van der Waals surface area contributed by atoms with E-state index in [1.165, 1.54) is 6.92 Å². The number of carbonyl (C=O) groups is 1. The average Bonchev–Trinajstić information content (AvgIpc) is 2.99. The Morgan fingerprint density at radius 2 is 2.11 bits per heavy atom. The fourth-order valence-electron chi connectivity index (χ4n) is 1.73. The molecule has 0 saturated heterocycles. The van der Waals surface area contributed by atoms with Gasteiger partial charge in [0.05, 0.1) is 10.2 Å². The fraction of sp³-hybridized carbons (Fsp3) is 0.600. The highest BCUT2D eigenvalue weighted by Crippen LogP contribution is 2.47. The summed E-state index contributed by atoms with van der Waals surface area (Å²) < 4.78 is 39.0. The van der Waals surface area contributed by atoms with Gasteiger partial charge in [0.1, 0.15) is 6.04 Å². The highest BCUT2D eigenvalue weighted by molar-refractivity contribution is 9.10. The summed E-state index contributed by atoms with van der Waals surface area (Å²) in [5.41, 5.74) is -0.727. The largest absolute Gasteiger partial charge is 0.480 e. The molecule has 0 aliphatic heterocycles. The van der Waals surface area contributed by atoms with Crippen molar-refractivity contribution in [3.05, 3.63) is 15.9 Å². The number of carboxylic acid groups (broad SMARTS) is 1. The maximum absolute atomic E-state index is 12.7. The highest BCUT2D eigenvalue weighted by atomic mass is 79.9. The minimum Gasteiger partial charge on any atom is -0.480 e. The number of nitrogens with zero attached hydrogens (tertiary/aromatic N) is 2. The lowest BCUT2D eigenvalue weighted by atomic mass is 10.2. The fourth-order valence-corrected chi connectivity index (χ4v) is 2.54. The van der Waals surface area contributed by atoms with Gasteiger partial charge in [-0.2, -0.15) is 18.3 Å². The summed E-state index contributed by atoms with van der Waals surface area (Å²) in [6.07, 6.45) is -3.08. The third-order valence-corrected chi connectivity index (χ3v) is 3.63. The monoisotopic (exact) mass is 326 g/mol. The summed E-state index contributed by atoms with van der Waals surface area (Å²) in [5.74, 6) is -1.25. The van der Waals surface area contributed by atoms with Gasteiger partial charge in [-0.3, -0.25) is 4.68 Å². The number of rotatable bonds is 3. The molecule has 0 amide bonds. The number of hydrogen-bond donors (Lipinski definition) is 1. The van der Waals surface area contributed by atoms with Crippen LogP contribution in [-0.4, -0.2) is 20.9 Å². The third-order valence-electron chi connectivity index (χ3n) is 2.84.